The van der Waals surface area contributed by atoms with E-state index in [0.29, 0.717) is 29.9 Å². The summed E-state index contributed by atoms with van der Waals surface area (Å²) in [5, 5.41) is 12.6. The number of hydrogen-bond acceptors (Lipinski definition) is 4. The Morgan fingerprint density at radius 2 is 2.00 bits per heavy atom. The van der Waals surface area contributed by atoms with E-state index in [1.165, 1.54) is 12.1 Å². The molecule has 0 aliphatic rings. The molecule has 0 saturated carbocycles. The van der Waals surface area contributed by atoms with Crippen LogP contribution in [0.2, 0.25) is 0 Å². The van der Waals surface area contributed by atoms with Gasteiger partial charge in [0.15, 0.2) is 0 Å². The van der Waals surface area contributed by atoms with Gasteiger partial charge in [-0.15, -0.1) is 0 Å². The van der Waals surface area contributed by atoms with E-state index >= 15 is 0 Å². The van der Waals surface area contributed by atoms with Gasteiger partial charge < -0.3 is 21.9 Å². The van der Waals surface area contributed by atoms with Crippen molar-refractivity contribution in [2.75, 3.05) is 18.0 Å². The molecule has 0 saturated heterocycles. The van der Waals surface area contributed by atoms with Gasteiger partial charge in [0.2, 0.25) is 0 Å². The van der Waals surface area contributed by atoms with Crippen LogP contribution in [0.5, 0.6) is 0 Å². The molecule has 0 fully saturated rings. The summed E-state index contributed by atoms with van der Waals surface area (Å²) >= 11 is 0. The Kier molecular flexibility index (Phi) is 4.78. The highest BCUT2D eigenvalue weighted by Crippen LogP contribution is 2.24. The molecular formula is C14H23N3O2. The molecule has 0 bridgehead atoms. The summed E-state index contributed by atoms with van der Waals surface area (Å²) in [4.78, 5) is 11.2. The van der Waals surface area contributed by atoms with E-state index in [0.717, 1.165) is 6.42 Å². The summed E-state index contributed by atoms with van der Waals surface area (Å²) in [7, 11) is 0. The maximum absolute atomic E-state index is 11.2. The average Bonchev–Trinajstić information content (AvgIpc) is 2.34. The van der Waals surface area contributed by atoms with E-state index in [1.54, 1.807) is 0 Å². The van der Waals surface area contributed by atoms with Crippen LogP contribution in [0.1, 0.15) is 43.1 Å². The third-order valence-corrected chi connectivity index (χ3v) is 3.48. The lowest BCUT2D eigenvalue weighted by atomic mass is 9.99. The molecule has 0 aliphatic heterocycles. The van der Waals surface area contributed by atoms with Crippen molar-refractivity contribution >= 4 is 17.3 Å². The lowest BCUT2D eigenvalue weighted by Crippen LogP contribution is -2.39. The largest absolute Gasteiger partial charge is 0.478 e. The number of benzene rings is 1. The first kappa shape index (κ1) is 15.3. The highest BCUT2D eigenvalue weighted by atomic mass is 16.4. The van der Waals surface area contributed by atoms with Crippen LogP contribution < -0.4 is 16.8 Å². The fourth-order valence-corrected chi connectivity index (χ4v) is 1.80. The summed E-state index contributed by atoms with van der Waals surface area (Å²) in [6.07, 6.45) is 1.53. The van der Waals surface area contributed by atoms with Crippen LogP contribution in [0.4, 0.5) is 11.4 Å². The van der Waals surface area contributed by atoms with Crippen molar-refractivity contribution in [3.8, 4) is 0 Å². The molecule has 106 valence electrons. The topological polar surface area (TPSA) is 101 Å². The second-order valence-corrected chi connectivity index (χ2v) is 5.31. The monoisotopic (exact) mass is 265 g/mol. The van der Waals surface area contributed by atoms with Crippen LogP contribution in [-0.2, 0) is 6.42 Å². The van der Waals surface area contributed by atoms with E-state index in [2.05, 4.69) is 26.1 Å². The lowest BCUT2D eigenvalue weighted by Gasteiger charge is -2.25. The Balaban J connectivity index is 2.88. The Labute approximate surface area is 114 Å². The maximum atomic E-state index is 11.2. The molecule has 0 spiro atoms. The smallest absolute Gasteiger partial charge is 0.336 e. The van der Waals surface area contributed by atoms with E-state index in [9.17, 15) is 4.79 Å². The fraction of sp³-hybridized carbons (Fsp3) is 0.500. The minimum absolute atomic E-state index is 0.0263. The molecule has 0 aliphatic carbocycles. The van der Waals surface area contributed by atoms with Crippen LogP contribution >= 0.6 is 0 Å². The van der Waals surface area contributed by atoms with Crippen molar-refractivity contribution in [1.29, 1.82) is 0 Å². The highest BCUT2D eigenvalue weighted by molar-refractivity contribution is 5.93. The van der Waals surface area contributed by atoms with Crippen LogP contribution in [-0.4, -0.2) is 23.2 Å². The number of carbonyl (C=O) groups is 1. The van der Waals surface area contributed by atoms with E-state index in [4.69, 9.17) is 16.6 Å². The summed E-state index contributed by atoms with van der Waals surface area (Å²) in [5.41, 5.74) is 13.3. The van der Waals surface area contributed by atoms with Crippen LogP contribution in [0.25, 0.3) is 0 Å². The number of rotatable bonds is 6. The normalized spacial score (nSPS) is 11.5. The van der Waals surface area contributed by atoms with Crippen molar-refractivity contribution in [2.24, 2.45) is 0 Å². The van der Waals surface area contributed by atoms with Gasteiger partial charge in [-0.3, -0.25) is 0 Å². The zero-order valence-corrected chi connectivity index (χ0v) is 11.8. The van der Waals surface area contributed by atoms with Crippen molar-refractivity contribution in [1.82, 2.24) is 5.32 Å². The molecule has 1 aromatic carbocycles. The number of nitrogen functional groups attached to an aromatic ring is 2. The molecule has 1 aromatic rings. The molecule has 0 unspecified atom stereocenters. The summed E-state index contributed by atoms with van der Waals surface area (Å²) in [6, 6.07) is 3.04. The average molecular weight is 265 g/mol. The number of aromatic carboxylic acids is 1. The number of nitrogens with one attached hydrogen (secondary N) is 1. The van der Waals surface area contributed by atoms with Gasteiger partial charge in [0, 0.05) is 5.54 Å². The number of anilines is 2. The van der Waals surface area contributed by atoms with Crippen LogP contribution in [0, 0.1) is 0 Å². The Morgan fingerprint density at radius 3 is 2.53 bits per heavy atom. The van der Waals surface area contributed by atoms with Gasteiger partial charge >= 0.3 is 5.97 Å². The number of nitrogens with two attached hydrogens (primary N) is 2. The second-order valence-electron chi connectivity index (χ2n) is 5.31. The Bertz CT molecular complexity index is 470. The highest BCUT2D eigenvalue weighted by Gasteiger charge is 2.17. The van der Waals surface area contributed by atoms with Gasteiger partial charge in [-0.1, -0.05) is 6.92 Å². The predicted octanol–water partition coefficient (Wildman–Crippen LogP) is 1.87. The summed E-state index contributed by atoms with van der Waals surface area (Å²) in [6.45, 7) is 6.97. The standard InChI is InChI=1S/C14H23N3O2/c1-4-14(2,3)17-8-7-9-10(13(18)19)5-6-11(15)12(9)16/h5-6,17H,4,7-8,15-16H2,1-3H3,(H,18,19). The predicted molar refractivity (Wildman–Crippen MR) is 78.3 cm³/mol. The molecule has 0 amide bonds. The second kappa shape index (κ2) is 5.93. The van der Waals surface area contributed by atoms with Crippen molar-refractivity contribution in [3.05, 3.63) is 23.3 Å². The molecule has 0 radical (unpaired) electrons. The molecule has 19 heavy (non-hydrogen) atoms. The molecule has 0 heterocycles. The van der Waals surface area contributed by atoms with E-state index in [1.807, 2.05) is 0 Å². The number of hydrogen-bond donors (Lipinski definition) is 4. The van der Waals surface area contributed by atoms with Crippen LogP contribution in [0.3, 0.4) is 0 Å². The summed E-state index contributed by atoms with van der Waals surface area (Å²) < 4.78 is 0. The van der Waals surface area contributed by atoms with Crippen LogP contribution in [0.15, 0.2) is 12.1 Å². The van der Waals surface area contributed by atoms with Crippen molar-refractivity contribution in [3.63, 3.8) is 0 Å². The molecule has 0 aromatic heterocycles. The Morgan fingerprint density at radius 1 is 1.37 bits per heavy atom. The first-order chi connectivity index (χ1) is 8.78. The van der Waals surface area contributed by atoms with Gasteiger partial charge in [0.05, 0.1) is 16.9 Å². The van der Waals surface area contributed by atoms with E-state index < -0.39 is 5.97 Å². The molecule has 5 nitrogen and oxygen atoms in total. The SMILES string of the molecule is CCC(C)(C)NCCc1c(C(=O)O)ccc(N)c1N. The lowest BCUT2D eigenvalue weighted by molar-refractivity contribution is 0.0696. The maximum Gasteiger partial charge on any atom is 0.336 e. The van der Waals surface area contributed by atoms with E-state index in [-0.39, 0.29) is 11.1 Å². The molecule has 0 atom stereocenters. The zero-order chi connectivity index (χ0) is 14.6. The van der Waals surface area contributed by atoms with Crippen molar-refractivity contribution < 1.29 is 9.90 Å². The fourth-order valence-electron chi connectivity index (χ4n) is 1.80. The summed E-state index contributed by atoms with van der Waals surface area (Å²) in [5.74, 6) is -0.976. The zero-order valence-electron chi connectivity index (χ0n) is 11.8. The molecule has 5 heteroatoms. The number of carboxylic acids is 1. The van der Waals surface area contributed by atoms with Gasteiger partial charge in [0.1, 0.15) is 0 Å². The number of carboxylic acid groups (broad SMARTS) is 1. The minimum atomic E-state index is -0.976. The first-order valence-electron chi connectivity index (χ1n) is 6.43. The van der Waals surface area contributed by atoms with Gasteiger partial charge in [-0.2, -0.15) is 0 Å². The third-order valence-electron chi connectivity index (χ3n) is 3.48. The molecular weight excluding hydrogens is 242 g/mol. The first-order valence-corrected chi connectivity index (χ1v) is 6.43. The molecule has 6 N–H and O–H groups in total. The minimum Gasteiger partial charge on any atom is -0.478 e. The third kappa shape index (κ3) is 3.86. The molecule has 1 rings (SSSR count). The van der Waals surface area contributed by atoms with Gasteiger partial charge in [-0.25, -0.2) is 4.79 Å². The van der Waals surface area contributed by atoms with Crippen molar-refractivity contribution in [2.45, 2.75) is 39.2 Å². The quantitative estimate of drug-likeness (QED) is 0.588. The van der Waals surface area contributed by atoms with Gasteiger partial charge in [-0.05, 0) is 50.9 Å². The Hall–Kier alpha value is -1.75. The van der Waals surface area contributed by atoms with Gasteiger partial charge in [0.25, 0.3) is 0 Å².